The van der Waals surface area contributed by atoms with Gasteiger partial charge >= 0.3 is 0 Å². The van der Waals surface area contributed by atoms with E-state index in [1.54, 1.807) is 0 Å². The van der Waals surface area contributed by atoms with Gasteiger partial charge in [0.1, 0.15) is 0 Å². The molecule has 60 valence electrons. The van der Waals surface area contributed by atoms with Gasteiger partial charge in [0, 0.05) is 12.3 Å². The van der Waals surface area contributed by atoms with Crippen LogP contribution < -0.4 is 11.1 Å². The van der Waals surface area contributed by atoms with Gasteiger partial charge < -0.3 is 11.1 Å². The van der Waals surface area contributed by atoms with Crippen molar-refractivity contribution in [3.8, 4) is 0 Å². The molecule has 1 heterocycles. The van der Waals surface area contributed by atoms with Gasteiger partial charge in [-0.2, -0.15) is 0 Å². The first-order chi connectivity index (χ1) is 5.18. The van der Waals surface area contributed by atoms with Gasteiger partial charge in [-0.25, -0.2) is 4.98 Å². The quantitative estimate of drug-likeness (QED) is 0.675. The molecule has 0 fully saturated rings. The lowest BCUT2D eigenvalue weighted by atomic mass is 10.5. The molecule has 0 saturated carbocycles. The lowest BCUT2D eigenvalue weighted by Gasteiger charge is -1.95. The van der Waals surface area contributed by atoms with Crippen molar-refractivity contribution < 1.29 is 4.79 Å². The molecule has 0 unspecified atom stereocenters. The second-order valence-electron chi connectivity index (χ2n) is 2.09. The zero-order chi connectivity index (χ0) is 8.27. The number of hydrogen-bond acceptors (Lipinski definition) is 4. The highest BCUT2D eigenvalue weighted by Gasteiger charge is 1.98. The van der Waals surface area contributed by atoms with Gasteiger partial charge in [0.2, 0.25) is 5.91 Å². The fraction of sp³-hybridized carbons (Fsp3) is 0.333. The fourth-order valence-electron chi connectivity index (χ4n) is 0.619. The number of nitrogens with one attached hydrogen (secondary N) is 1. The van der Waals surface area contributed by atoms with E-state index in [1.165, 1.54) is 18.3 Å². The maximum atomic E-state index is 10.5. The van der Waals surface area contributed by atoms with Crippen LogP contribution in [0.2, 0.25) is 0 Å². The second kappa shape index (κ2) is 3.34. The highest BCUT2D eigenvalue weighted by Crippen LogP contribution is 2.10. The third-order valence-electron chi connectivity index (χ3n) is 1.09. The Morgan fingerprint density at radius 1 is 1.91 bits per heavy atom. The Morgan fingerprint density at radius 2 is 2.64 bits per heavy atom. The number of nitrogen functional groups attached to an aromatic ring is 1. The molecule has 0 aromatic carbocycles. The molecule has 1 aromatic rings. The Kier molecular flexibility index (Phi) is 2.43. The van der Waals surface area contributed by atoms with E-state index in [0.717, 1.165) is 5.69 Å². The van der Waals surface area contributed by atoms with Crippen molar-refractivity contribution in [2.24, 2.45) is 0 Å². The van der Waals surface area contributed by atoms with Gasteiger partial charge in [-0.05, 0) is 0 Å². The molecule has 5 heteroatoms. The zero-order valence-corrected chi connectivity index (χ0v) is 6.94. The second-order valence-corrected chi connectivity index (χ2v) is 2.98. The molecule has 0 spiro atoms. The first-order valence-corrected chi connectivity index (χ1v) is 4.01. The number of carbonyl (C=O) groups excluding carboxylic acids is 1. The molecule has 3 N–H and O–H groups in total. The average molecular weight is 171 g/mol. The number of carbonyl (C=O) groups is 1. The van der Waals surface area contributed by atoms with Gasteiger partial charge in [-0.3, -0.25) is 4.79 Å². The van der Waals surface area contributed by atoms with Crippen LogP contribution in [0.1, 0.15) is 12.6 Å². The molecule has 4 nitrogen and oxygen atoms in total. The van der Waals surface area contributed by atoms with Gasteiger partial charge in [0.15, 0.2) is 5.13 Å². The molecule has 0 aliphatic carbocycles. The number of thiazole rings is 1. The van der Waals surface area contributed by atoms with E-state index in [-0.39, 0.29) is 5.91 Å². The van der Waals surface area contributed by atoms with E-state index in [0.29, 0.717) is 11.7 Å². The number of amides is 1. The normalized spacial score (nSPS) is 9.55. The van der Waals surface area contributed by atoms with E-state index < -0.39 is 0 Å². The predicted octanol–water partition coefficient (Wildman–Crippen LogP) is 0.361. The molecule has 0 aliphatic heterocycles. The third-order valence-corrected chi connectivity index (χ3v) is 1.81. The molecular formula is C6H9N3OS. The van der Waals surface area contributed by atoms with Crippen molar-refractivity contribution in [3.63, 3.8) is 0 Å². The number of hydrogen-bond donors (Lipinski definition) is 2. The van der Waals surface area contributed by atoms with Crippen LogP contribution in [-0.2, 0) is 11.3 Å². The Morgan fingerprint density at radius 3 is 3.09 bits per heavy atom. The number of rotatable bonds is 2. The van der Waals surface area contributed by atoms with Gasteiger partial charge in [-0.15, -0.1) is 11.3 Å². The molecule has 1 rings (SSSR count). The van der Waals surface area contributed by atoms with E-state index >= 15 is 0 Å². The Balaban J connectivity index is 2.45. The Bertz CT molecular complexity index is 258. The average Bonchev–Trinajstić information content (AvgIpc) is 2.31. The van der Waals surface area contributed by atoms with Crippen LogP contribution in [0.15, 0.2) is 5.38 Å². The third kappa shape index (κ3) is 2.55. The van der Waals surface area contributed by atoms with Crippen LogP contribution >= 0.6 is 11.3 Å². The summed E-state index contributed by atoms with van der Waals surface area (Å²) in [6, 6.07) is 0. The minimum Gasteiger partial charge on any atom is -0.375 e. The fourth-order valence-corrected chi connectivity index (χ4v) is 1.18. The number of nitrogens with two attached hydrogens (primary N) is 1. The van der Waals surface area contributed by atoms with E-state index in [4.69, 9.17) is 5.73 Å². The van der Waals surface area contributed by atoms with Crippen molar-refractivity contribution in [2.45, 2.75) is 13.5 Å². The van der Waals surface area contributed by atoms with Crippen LogP contribution in [0, 0.1) is 0 Å². The first kappa shape index (κ1) is 8.00. The van der Waals surface area contributed by atoms with Crippen LogP contribution in [0.5, 0.6) is 0 Å². The molecular weight excluding hydrogens is 162 g/mol. The predicted molar refractivity (Wildman–Crippen MR) is 44.0 cm³/mol. The Hall–Kier alpha value is -1.10. The summed E-state index contributed by atoms with van der Waals surface area (Å²) in [5.74, 6) is -0.0587. The van der Waals surface area contributed by atoms with Gasteiger partial charge in [0.25, 0.3) is 0 Å². The van der Waals surface area contributed by atoms with E-state index in [2.05, 4.69) is 10.3 Å². The summed E-state index contributed by atoms with van der Waals surface area (Å²) < 4.78 is 0. The van der Waals surface area contributed by atoms with Crippen molar-refractivity contribution in [1.29, 1.82) is 0 Å². The van der Waals surface area contributed by atoms with Crippen molar-refractivity contribution in [3.05, 3.63) is 11.1 Å². The Labute approximate surface area is 68.4 Å². The molecule has 1 aromatic heterocycles. The summed E-state index contributed by atoms with van der Waals surface area (Å²) in [5, 5.41) is 4.98. The van der Waals surface area contributed by atoms with Crippen molar-refractivity contribution >= 4 is 22.4 Å². The summed E-state index contributed by atoms with van der Waals surface area (Å²) in [6.07, 6.45) is 0. The number of nitrogens with zero attached hydrogens (tertiary/aromatic N) is 1. The highest BCUT2D eigenvalue weighted by atomic mass is 32.1. The maximum absolute atomic E-state index is 10.5. The van der Waals surface area contributed by atoms with Crippen molar-refractivity contribution in [1.82, 2.24) is 10.3 Å². The summed E-state index contributed by atoms with van der Waals surface area (Å²) in [5.41, 5.74) is 6.19. The van der Waals surface area contributed by atoms with Crippen LogP contribution in [-0.4, -0.2) is 10.9 Å². The molecule has 0 atom stereocenters. The molecule has 11 heavy (non-hydrogen) atoms. The topological polar surface area (TPSA) is 68.0 Å². The molecule has 1 amide bonds. The zero-order valence-electron chi connectivity index (χ0n) is 6.13. The van der Waals surface area contributed by atoms with E-state index in [1.807, 2.05) is 5.38 Å². The van der Waals surface area contributed by atoms with Crippen LogP contribution in [0.25, 0.3) is 0 Å². The number of aromatic nitrogens is 1. The summed E-state index contributed by atoms with van der Waals surface area (Å²) in [4.78, 5) is 14.4. The highest BCUT2D eigenvalue weighted by molar-refractivity contribution is 7.13. The van der Waals surface area contributed by atoms with Crippen molar-refractivity contribution in [2.75, 3.05) is 5.73 Å². The van der Waals surface area contributed by atoms with Gasteiger partial charge in [-0.1, -0.05) is 0 Å². The first-order valence-electron chi connectivity index (χ1n) is 3.13. The SMILES string of the molecule is CC(=O)NCc1csc(N)n1. The van der Waals surface area contributed by atoms with Gasteiger partial charge in [0.05, 0.1) is 12.2 Å². The molecule has 0 aliphatic rings. The van der Waals surface area contributed by atoms with Crippen LogP contribution in [0.4, 0.5) is 5.13 Å². The molecule has 0 bridgehead atoms. The molecule has 0 saturated heterocycles. The van der Waals surface area contributed by atoms with E-state index in [9.17, 15) is 4.79 Å². The molecule has 0 radical (unpaired) electrons. The smallest absolute Gasteiger partial charge is 0.217 e. The lowest BCUT2D eigenvalue weighted by Crippen LogP contribution is -2.18. The summed E-state index contributed by atoms with van der Waals surface area (Å²) >= 11 is 1.37. The maximum Gasteiger partial charge on any atom is 0.217 e. The minimum absolute atomic E-state index is 0.0587. The summed E-state index contributed by atoms with van der Waals surface area (Å²) in [6.45, 7) is 1.93. The number of anilines is 1. The largest absolute Gasteiger partial charge is 0.375 e. The summed E-state index contributed by atoms with van der Waals surface area (Å²) in [7, 11) is 0. The minimum atomic E-state index is -0.0587. The van der Waals surface area contributed by atoms with Crippen LogP contribution in [0.3, 0.4) is 0 Å². The monoisotopic (exact) mass is 171 g/mol. The lowest BCUT2D eigenvalue weighted by molar-refractivity contribution is -0.119. The standard InChI is InChI=1S/C6H9N3OS/c1-4(10)8-2-5-3-11-6(7)9-5/h3H,2H2,1H3,(H2,7,9)(H,8,10).